The third kappa shape index (κ3) is 2.60. The van der Waals surface area contributed by atoms with E-state index in [0.29, 0.717) is 14.9 Å². The molecule has 1 N–H and O–H groups in total. The summed E-state index contributed by atoms with van der Waals surface area (Å²) in [5, 5.41) is 0. The van der Waals surface area contributed by atoms with E-state index in [0.717, 1.165) is 17.5 Å². The number of halogens is 2. The maximum Gasteiger partial charge on any atom is 0.178 e. The van der Waals surface area contributed by atoms with Gasteiger partial charge < -0.3 is 14.3 Å². The Hall–Kier alpha value is -0.470. The van der Waals surface area contributed by atoms with E-state index in [4.69, 9.17) is 17.0 Å². The van der Waals surface area contributed by atoms with Crippen molar-refractivity contribution in [1.29, 1.82) is 0 Å². The van der Waals surface area contributed by atoms with Crippen LogP contribution in [0.2, 0.25) is 0 Å². The van der Waals surface area contributed by atoms with E-state index < -0.39 is 0 Å². The number of fused-ring (bicyclic) bond motifs is 1. The number of imidazole rings is 1. The summed E-state index contributed by atoms with van der Waals surface area (Å²) in [6.45, 7) is 2.71. The average Bonchev–Trinajstić information content (AvgIpc) is 2.62. The fraction of sp³-hybridized carbons (Fsp3) is 0.417. The zero-order valence-electron chi connectivity index (χ0n) is 10.2. The average molecular weight is 380 g/mol. The number of methoxy groups -OCH3 is 1. The molecule has 1 unspecified atom stereocenters. The lowest BCUT2D eigenvalue weighted by molar-refractivity contribution is 0.181. The molecule has 0 amide bonds. The summed E-state index contributed by atoms with van der Waals surface area (Å²) in [6, 6.07) is 3.48. The summed E-state index contributed by atoms with van der Waals surface area (Å²) in [6.07, 6.45) is 0.839. The molecule has 1 heterocycles. The van der Waals surface area contributed by atoms with E-state index >= 15 is 0 Å². The molecule has 1 atom stereocenters. The molecular formula is C12H14FIN2OS. The predicted octanol–water partition coefficient (Wildman–Crippen LogP) is 4.04. The molecule has 0 saturated carbocycles. The van der Waals surface area contributed by atoms with Gasteiger partial charge in [-0.25, -0.2) is 4.39 Å². The minimum atomic E-state index is -0.218. The number of rotatable bonds is 4. The minimum Gasteiger partial charge on any atom is -0.385 e. The fourth-order valence-electron chi connectivity index (χ4n) is 1.98. The molecule has 2 aromatic rings. The van der Waals surface area contributed by atoms with E-state index in [1.165, 1.54) is 6.07 Å². The Balaban J connectivity index is 2.53. The van der Waals surface area contributed by atoms with Crippen LogP contribution in [0.15, 0.2) is 12.1 Å². The van der Waals surface area contributed by atoms with Crippen LogP contribution in [0.5, 0.6) is 0 Å². The van der Waals surface area contributed by atoms with Crippen molar-refractivity contribution in [3.05, 3.63) is 26.3 Å². The lowest BCUT2D eigenvalue weighted by Crippen LogP contribution is -2.08. The second-order valence-corrected chi connectivity index (χ2v) is 5.76. The first-order valence-electron chi connectivity index (χ1n) is 5.62. The van der Waals surface area contributed by atoms with Crippen molar-refractivity contribution in [1.82, 2.24) is 9.55 Å². The number of nitrogens with one attached hydrogen (secondary N) is 1. The van der Waals surface area contributed by atoms with E-state index in [1.54, 1.807) is 13.2 Å². The van der Waals surface area contributed by atoms with Gasteiger partial charge in [0.05, 0.1) is 14.6 Å². The van der Waals surface area contributed by atoms with Gasteiger partial charge in [-0.1, -0.05) is 0 Å². The van der Waals surface area contributed by atoms with Crippen LogP contribution in [0.3, 0.4) is 0 Å². The molecule has 6 heteroatoms. The molecule has 0 aliphatic heterocycles. The normalized spacial score (nSPS) is 13.1. The van der Waals surface area contributed by atoms with Crippen LogP contribution in [-0.4, -0.2) is 23.3 Å². The number of benzene rings is 1. The Morgan fingerprint density at radius 3 is 2.94 bits per heavy atom. The molecule has 0 spiro atoms. The summed E-state index contributed by atoms with van der Waals surface area (Å²) in [5.74, 6) is -0.218. The number of H-pyrrole nitrogens is 1. The predicted molar refractivity (Wildman–Crippen MR) is 81.0 cm³/mol. The minimum absolute atomic E-state index is 0.172. The molecule has 0 radical (unpaired) electrons. The van der Waals surface area contributed by atoms with Crippen molar-refractivity contribution >= 4 is 45.8 Å². The highest BCUT2D eigenvalue weighted by atomic mass is 127. The van der Waals surface area contributed by atoms with Crippen LogP contribution >= 0.6 is 34.8 Å². The van der Waals surface area contributed by atoms with E-state index in [9.17, 15) is 4.39 Å². The van der Waals surface area contributed by atoms with Gasteiger partial charge in [0.1, 0.15) is 5.82 Å². The molecule has 0 aliphatic rings. The standard InChI is InChI=1S/C12H14FIN2OS/c1-7(3-4-17-2)16-11-5-8(13)9(14)6-10(11)15-12(16)18/h5-7H,3-4H2,1-2H3,(H,15,18). The third-order valence-corrected chi connectivity index (χ3v) is 4.06. The Morgan fingerprint density at radius 1 is 1.56 bits per heavy atom. The maximum atomic E-state index is 13.7. The van der Waals surface area contributed by atoms with E-state index in [2.05, 4.69) is 11.9 Å². The van der Waals surface area contributed by atoms with Gasteiger partial charge in [-0.05, 0) is 54.2 Å². The SMILES string of the molecule is COCCC(C)n1c(=S)[nH]c2cc(I)c(F)cc21. The Bertz CT molecular complexity index is 622. The topological polar surface area (TPSA) is 29.9 Å². The third-order valence-electron chi connectivity index (χ3n) is 2.94. The number of aromatic amines is 1. The first kappa shape index (κ1) is 14.0. The molecule has 1 aromatic heterocycles. The van der Waals surface area contributed by atoms with E-state index in [-0.39, 0.29) is 11.9 Å². The largest absolute Gasteiger partial charge is 0.385 e. The van der Waals surface area contributed by atoms with E-state index in [1.807, 2.05) is 27.2 Å². The number of nitrogens with zero attached hydrogens (tertiary/aromatic N) is 1. The first-order chi connectivity index (χ1) is 8.54. The molecule has 0 fully saturated rings. The highest BCUT2D eigenvalue weighted by Crippen LogP contribution is 2.24. The molecular weight excluding hydrogens is 366 g/mol. The highest BCUT2D eigenvalue weighted by Gasteiger charge is 2.13. The zero-order valence-corrected chi connectivity index (χ0v) is 13.1. The smallest absolute Gasteiger partial charge is 0.178 e. The lowest BCUT2D eigenvalue weighted by Gasteiger charge is -2.14. The zero-order chi connectivity index (χ0) is 13.3. The van der Waals surface area contributed by atoms with Crippen molar-refractivity contribution in [3.8, 4) is 0 Å². The molecule has 1 aromatic carbocycles. The Labute approximate surface area is 123 Å². The van der Waals surface area contributed by atoms with Crippen LogP contribution in [0.4, 0.5) is 4.39 Å². The molecule has 3 nitrogen and oxygen atoms in total. The number of aromatic nitrogens is 2. The number of hydrogen-bond donors (Lipinski definition) is 1. The van der Waals surface area contributed by atoms with Gasteiger partial charge in [-0.3, -0.25) is 0 Å². The quantitative estimate of drug-likeness (QED) is 0.641. The highest BCUT2D eigenvalue weighted by molar-refractivity contribution is 14.1. The number of ether oxygens (including phenoxy) is 1. The monoisotopic (exact) mass is 380 g/mol. The Kier molecular flexibility index (Phi) is 4.39. The summed E-state index contributed by atoms with van der Waals surface area (Å²) in [5.41, 5.74) is 1.68. The fourth-order valence-corrected chi connectivity index (χ4v) is 2.83. The first-order valence-corrected chi connectivity index (χ1v) is 7.11. The second-order valence-electron chi connectivity index (χ2n) is 4.21. The van der Waals surface area contributed by atoms with Gasteiger partial charge in [0.15, 0.2) is 4.77 Å². The number of hydrogen-bond acceptors (Lipinski definition) is 2. The van der Waals surface area contributed by atoms with Crippen molar-refractivity contribution in [3.63, 3.8) is 0 Å². The lowest BCUT2D eigenvalue weighted by atomic mass is 10.2. The molecule has 98 valence electrons. The Morgan fingerprint density at radius 2 is 2.28 bits per heavy atom. The van der Waals surface area contributed by atoms with Gasteiger partial charge in [-0.2, -0.15) is 0 Å². The molecule has 0 aliphatic carbocycles. The van der Waals surface area contributed by atoms with Gasteiger partial charge in [0.2, 0.25) is 0 Å². The molecule has 2 rings (SSSR count). The summed E-state index contributed by atoms with van der Waals surface area (Å²) < 4.78 is 21.9. The van der Waals surface area contributed by atoms with Crippen LogP contribution in [0.1, 0.15) is 19.4 Å². The van der Waals surface area contributed by atoms with Crippen molar-refractivity contribution in [2.24, 2.45) is 0 Å². The second kappa shape index (κ2) is 5.66. The van der Waals surface area contributed by atoms with Gasteiger partial charge in [0, 0.05) is 25.8 Å². The van der Waals surface area contributed by atoms with Gasteiger partial charge in [0.25, 0.3) is 0 Å². The van der Waals surface area contributed by atoms with Crippen LogP contribution in [-0.2, 0) is 4.74 Å². The van der Waals surface area contributed by atoms with Crippen molar-refractivity contribution < 1.29 is 9.13 Å². The van der Waals surface area contributed by atoms with Gasteiger partial charge >= 0.3 is 0 Å². The molecule has 0 saturated heterocycles. The van der Waals surface area contributed by atoms with Crippen LogP contribution in [0, 0.1) is 14.2 Å². The van der Waals surface area contributed by atoms with Crippen molar-refractivity contribution in [2.75, 3.05) is 13.7 Å². The molecule has 0 bridgehead atoms. The molecule has 18 heavy (non-hydrogen) atoms. The summed E-state index contributed by atoms with van der Waals surface area (Å²) >= 11 is 7.28. The maximum absolute atomic E-state index is 13.7. The van der Waals surface area contributed by atoms with Gasteiger partial charge in [-0.15, -0.1) is 0 Å². The summed E-state index contributed by atoms with van der Waals surface area (Å²) in [7, 11) is 1.67. The van der Waals surface area contributed by atoms with Crippen LogP contribution < -0.4 is 0 Å². The summed E-state index contributed by atoms with van der Waals surface area (Å²) in [4.78, 5) is 3.12. The van der Waals surface area contributed by atoms with Crippen molar-refractivity contribution in [2.45, 2.75) is 19.4 Å². The van der Waals surface area contributed by atoms with Crippen LogP contribution in [0.25, 0.3) is 11.0 Å².